The molecule has 1 fully saturated rings. The fourth-order valence-corrected chi connectivity index (χ4v) is 2.38. The van der Waals surface area contributed by atoms with Crippen molar-refractivity contribution in [2.45, 2.75) is 45.3 Å². The molecule has 0 aliphatic carbocycles. The molecule has 1 atom stereocenters. The summed E-state index contributed by atoms with van der Waals surface area (Å²) in [5.74, 6) is 0.239. The van der Waals surface area contributed by atoms with Gasteiger partial charge in [0.1, 0.15) is 18.0 Å². The van der Waals surface area contributed by atoms with E-state index in [0.717, 1.165) is 12.0 Å². The number of methoxy groups -OCH3 is 1. The van der Waals surface area contributed by atoms with Gasteiger partial charge in [0, 0.05) is 18.8 Å². The first-order valence-corrected chi connectivity index (χ1v) is 8.59. The summed E-state index contributed by atoms with van der Waals surface area (Å²) in [4.78, 5) is 29.0. The van der Waals surface area contributed by atoms with Crippen LogP contribution in [0.3, 0.4) is 0 Å². The van der Waals surface area contributed by atoms with Crippen molar-refractivity contribution in [2.75, 3.05) is 20.3 Å². The van der Waals surface area contributed by atoms with Gasteiger partial charge in [0.15, 0.2) is 0 Å². The van der Waals surface area contributed by atoms with E-state index in [1.54, 1.807) is 23.4 Å². The zero-order valence-electron chi connectivity index (χ0n) is 15.7. The number of aromatic nitrogens is 1. The van der Waals surface area contributed by atoms with E-state index in [1.165, 1.54) is 13.2 Å². The van der Waals surface area contributed by atoms with Crippen LogP contribution >= 0.6 is 0 Å². The standard InChI is InChI=1S/C19H26N2O5/c1-19(2,3)26-18(23)21-9-8-15(21)13-25-16-10-14(11-20-12-16)6-5-7-17(22)24-4/h5,7,10-12,15H,6,8-9,13H2,1-4H3/t15-/m0/s1. The predicted octanol–water partition coefficient (Wildman–Crippen LogP) is 2.74. The number of hydrogen-bond donors (Lipinski definition) is 0. The number of carbonyl (C=O) groups is 2. The number of esters is 1. The molecule has 0 bridgehead atoms. The summed E-state index contributed by atoms with van der Waals surface area (Å²) >= 11 is 0. The molecule has 2 heterocycles. The largest absolute Gasteiger partial charge is 0.490 e. The molecule has 1 aromatic heterocycles. The molecule has 7 heteroatoms. The summed E-state index contributed by atoms with van der Waals surface area (Å²) in [7, 11) is 1.34. The number of amides is 1. The first-order chi connectivity index (χ1) is 12.3. The molecule has 0 radical (unpaired) electrons. The molecule has 1 aliphatic heterocycles. The van der Waals surface area contributed by atoms with Gasteiger partial charge in [-0.1, -0.05) is 6.08 Å². The monoisotopic (exact) mass is 362 g/mol. The van der Waals surface area contributed by atoms with Crippen LogP contribution in [0.4, 0.5) is 4.79 Å². The number of pyridine rings is 1. The molecule has 0 spiro atoms. The molecule has 142 valence electrons. The quantitative estimate of drug-likeness (QED) is 0.572. The molecular formula is C19H26N2O5. The molecule has 0 aromatic carbocycles. The van der Waals surface area contributed by atoms with Gasteiger partial charge in [-0.2, -0.15) is 0 Å². The van der Waals surface area contributed by atoms with Crippen LogP contribution in [0.25, 0.3) is 0 Å². The van der Waals surface area contributed by atoms with Crippen LogP contribution < -0.4 is 4.74 Å². The minimum atomic E-state index is -0.506. The highest BCUT2D eigenvalue weighted by Gasteiger charge is 2.35. The topological polar surface area (TPSA) is 78.0 Å². The minimum Gasteiger partial charge on any atom is -0.490 e. The fourth-order valence-electron chi connectivity index (χ4n) is 2.38. The molecule has 1 aliphatic rings. The van der Waals surface area contributed by atoms with Crippen LogP contribution in [0.5, 0.6) is 5.75 Å². The van der Waals surface area contributed by atoms with Crippen LogP contribution in [-0.4, -0.2) is 53.9 Å². The third-order valence-corrected chi connectivity index (χ3v) is 3.79. The summed E-state index contributed by atoms with van der Waals surface area (Å²) in [5.41, 5.74) is 0.411. The normalized spacial score (nSPS) is 16.9. The van der Waals surface area contributed by atoms with Gasteiger partial charge < -0.3 is 19.1 Å². The van der Waals surface area contributed by atoms with Crippen LogP contribution in [0.15, 0.2) is 30.6 Å². The highest BCUT2D eigenvalue weighted by atomic mass is 16.6. The van der Waals surface area contributed by atoms with Crippen LogP contribution in [0, 0.1) is 0 Å². The Morgan fingerprint density at radius 1 is 1.35 bits per heavy atom. The van der Waals surface area contributed by atoms with Gasteiger partial charge in [-0.25, -0.2) is 9.59 Å². The average molecular weight is 362 g/mol. The third kappa shape index (κ3) is 6.06. The van der Waals surface area contributed by atoms with E-state index in [9.17, 15) is 9.59 Å². The summed E-state index contributed by atoms with van der Waals surface area (Å²) in [5, 5.41) is 0. The van der Waals surface area contributed by atoms with Gasteiger partial charge in [0.25, 0.3) is 0 Å². The van der Waals surface area contributed by atoms with E-state index in [4.69, 9.17) is 9.47 Å². The van der Waals surface area contributed by atoms with Gasteiger partial charge in [-0.3, -0.25) is 4.98 Å². The number of likely N-dealkylation sites (tertiary alicyclic amines) is 1. The number of ether oxygens (including phenoxy) is 3. The highest BCUT2D eigenvalue weighted by Crippen LogP contribution is 2.22. The van der Waals surface area contributed by atoms with Crippen molar-refractivity contribution in [1.82, 2.24) is 9.88 Å². The van der Waals surface area contributed by atoms with Crippen molar-refractivity contribution < 1.29 is 23.8 Å². The van der Waals surface area contributed by atoms with Crippen LogP contribution in [-0.2, 0) is 20.7 Å². The van der Waals surface area contributed by atoms with Gasteiger partial charge in [0.05, 0.1) is 19.3 Å². The van der Waals surface area contributed by atoms with Gasteiger partial charge >= 0.3 is 12.1 Å². The third-order valence-electron chi connectivity index (χ3n) is 3.79. The molecule has 7 nitrogen and oxygen atoms in total. The average Bonchev–Trinajstić information content (AvgIpc) is 2.52. The van der Waals surface area contributed by atoms with E-state index in [1.807, 2.05) is 26.8 Å². The molecule has 1 saturated heterocycles. The Kier molecular flexibility index (Phi) is 6.60. The minimum absolute atomic E-state index is 0.00715. The fraction of sp³-hybridized carbons (Fsp3) is 0.526. The highest BCUT2D eigenvalue weighted by molar-refractivity contribution is 5.81. The number of allylic oxidation sites excluding steroid dienone is 1. The molecule has 1 aromatic rings. The molecule has 0 N–H and O–H groups in total. The zero-order valence-corrected chi connectivity index (χ0v) is 15.7. The van der Waals surface area contributed by atoms with E-state index >= 15 is 0 Å². The number of rotatable bonds is 6. The second kappa shape index (κ2) is 8.69. The molecule has 1 amide bonds. The van der Waals surface area contributed by atoms with Crippen molar-refractivity contribution in [3.05, 3.63) is 36.2 Å². The SMILES string of the molecule is COC(=O)C=CCc1cncc(OC[C@@H]2CCN2C(=O)OC(C)(C)C)c1. The lowest BCUT2D eigenvalue weighted by molar-refractivity contribution is -0.134. The second-order valence-corrected chi connectivity index (χ2v) is 7.09. The van der Waals surface area contributed by atoms with Crippen molar-refractivity contribution in [3.63, 3.8) is 0 Å². The van der Waals surface area contributed by atoms with Crippen molar-refractivity contribution >= 4 is 12.1 Å². The Morgan fingerprint density at radius 2 is 2.12 bits per heavy atom. The molecule has 0 unspecified atom stereocenters. The maximum Gasteiger partial charge on any atom is 0.410 e. The van der Waals surface area contributed by atoms with Gasteiger partial charge in [-0.15, -0.1) is 0 Å². The lowest BCUT2D eigenvalue weighted by Crippen LogP contribution is -2.55. The van der Waals surface area contributed by atoms with Crippen LogP contribution in [0.1, 0.15) is 32.8 Å². The number of nitrogens with zero attached hydrogens (tertiary/aromatic N) is 2. The smallest absolute Gasteiger partial charge is 0.410 e. The van der Waals surface area contributed by atoms with Gasteiger partial charge in [-0.05, 0) is 45.2 Å². The van der Waals surface area contributed by atoms with Crippen molar-refractivity contribution in [1.29, 1.82) is 0 Å². The summed E-state index contributed by atoms with van der Waals surface area (Å²) in [6.07, 6.45) is 7.55. The number of carbonyl (C=O) groups excluding carboxylic acids is 2. The summed E-state index contributed by atoms with van der Waals surface area (Å²) in [6, 6.07) is 1.87. The van der Waals surface area contributed by atoms with E-state index in [0.29, 0.717) is 25.3 Å². The first-order valence-electron chi connectivity index (χ1n) is 8.59. The molecule has 0 saturated carbocycles. The lowest BCUT2D eigenvalue weighted by atomic mass is 10.1. The molecule has 26 heavy (non-hydrogen) atoms. The summed E-state index contributed by atoms with van der Waals surface area (Å²) in [6.45, 7) is 6.62. The Hall–Kier alpha value is -2.57. The van der Waals surface area contributed by atoms with E-state index in [2.05, 4.69) is 9.72 Å². The molecule has 2 rings (SSSR count). The maximum absolute atomic E-state index is 12.1. The lowest BCUT2D eigenvalue weighted by Gasteiger charge is -2.40. The van der Waals surface area contributed by atoms with Crippen molar-refractivity contribution in [3.8, 4) is 5.75 Å². The predicted molar refractivity (Wildman–Crippen MR) is 95.9 cm³/mol. The molecular weight excluding hydrogens is 336 g/mol. The second-order valence-electron chi connectivity index (χ2n) is 7.09. The Bertz CT molecular complexity index is 666. The van der Waals surface area contributed by atoms with Gasteiger partial charge in [0.2, 0.25) is 0 Å². The van der Waals surface area contributed by atoms with Crippen LogP contribution in [0.2, 0.25) is 0 Å². The van der Waals surface area contributed by atoms with Crippen molar-refractivity contribution in [2.24, 2.45) is 0 Å². The Labute approximate surface area is 153 Å². The number of hydrogen-bond acceptors (Lipinski definition) is 6. The first kappa shape index (κ1) is 19.8. The Morgan fingerprint density at radius 3 is 2.73 bits per heavy atom. The summed E-state index contributed by atoms with van der Waals surface area (Å²) < 4.78 is 15.7. The zero-order chi connectivity index (χ0) is 19.2. The van der Waals surface area contributed by atoms with E-state index in [-0.39, 0.29) is 12.1 Å². The Balaban J connectivity index is 1.84. The van der Waals surface area contributed by atoms with E-state index < -0.39 is 11.6 Å². The maximum atomic E-state index is 12.1.